The fourth-order valence-electron chi connectivity index (χ4n) is 1.60. The largest absolute Gasteiger partial charge is 0.0786 e. The molecule has 0 heterocycles. The quantitative estimate of drug-likeness (QED) is 0.656. The first-order chi connectivity index (χ1) is 7.68. The summed E-state index contributed by atoms with van der Waals surface area (Å²) in [6.45, 7) is 2.10. The molecular formula is C14H12Br2. The van der Waals surface area contributed by atoms with Gasteiger partial charge in [-0.3, -0.25) is 0 Å². The molecule has 0 bridgehead atoms. The van der Waals surface area contributed by atoms with E-state index in [0.717, 1.165) is 4.47 Å². The molecule has 1 unspecified atom stereocenters. The smallest absolute Gasteiger partial charge is 0.0655 e. The van der Waals surface area contributed by atoms with E-state index in [-0.39, 0.29) is 4.83 Å². The summed E-state index contributed by atoms with van der Waals surface area (Å²) in [6.07, 6.45) is 0. The number of hydrogen-bond acceptors (Lipinski definition) is 0. The summed E-state index contributed by atoms with van der Waals surface area (Å²) >= 11 is 7.32. The van der Waals surface area contributed by atoms with Crippen molar-refractivity contribution in [2.75, 3.05) is 0 Å². The van der Waals surface area contributed by atoms with Crippen LogP contribution < -0.4 is 0 Å². The van der Waals surface area contributed by atoms with Gasteiger partial charge in [-0.25, -0.2) is 0 Å². The van der Waals surface area contributed by atoms with E-state index in [1.165, 1.54) is 16.7 Å². The minimum Gasteiger partial charge on any atom is -0.0786 e. The monoisotopic (exact) mass is 338 g/mol. The average molecular weight is 340 g/mol. The van der Waals surface area contributed by atoms with Crippen LogP contribution in [0, 0.1) is 6.92 Å². The van der Waals surface area contributed by atoms with Crippen LogP contribution in [0.25, 0.3) is 0 Å². The van der Waals surface area contributed by atoms with Crippen molar-refractivity contribution in [3.8, 4) is 0 Å². The number of rotatable bonds is 2. The molecular weight excluding hydrogens is 328 g/mol. The molecule has 0 amide bonds. The van der Waals surface area contributed by atoms with Crippen molar-refractivity contribution in [2.24, 2.45) is 0 Å². The first kappa shape index (κ1) is 11.9. The molecule has 0 fully saturated rings. The van der Waals surface area contributed by atoms with Crippen molar-refractivity contribution in [1.82, 2.24) is 0 Å². The predicted molar refractivity (Wildman–Crippen MR) is 76.1 cm³/mol. The molecule has 0 N–H and O–H groups in total. The van der Waals surface area contributed by atoms with Gasteiger partial charge in [-0.05, 0) is 24.1 Å². The second-order valence-corrected chi connectivity index (χ2v) is 5.56. The van der Waals surface area contributed by atoms with Gasteiger partial charge in [0.1, 0.15) is 0 Å². The van der Waals surface area contributed by atoms with E-state index < -0.39 is 0 Å². The Morgan fingerprint density at radius 2 is 1.56 bits per heavy atom. The minimum absolute atomic E-state index is 0.240. The molecule has 0 aliphatic rings. The second-order valence-electron chi connectivity index (χ2n) is 3.79. The molecule has 2 heteroatoms. The highest BCUT2D eigenvalue weighted by atomic mass is 79.9. The van der Waals surface area contributed by atoms with Gasteiger partial charge in [0.25, 0.3) is 0 Å². The van der Waals surface area contributed by atoms with E-state index >= 15 is 0 Å². The van der Waals surface area contributed by atoms with E-state index in [2.05, 4.69) is 81.2 Å². The lowest BCUT2D eigenvalue weighted by molar-refractivity contribution is 1.16. The molecule has 2 rings (SSSR count). The number of hydrogen-bond donors (Lipinski definition) is 0. The summed E-state index contributed by atoms with van der Waals surface area (Å²) in [5.74, 6) is 0. The molecule has 0 saturated carbocycles. The topological polar surface area (TPSA) is 0 Å². The third kappa shape index (κ3) is 2.55. The molecule has 2 aromatic rings. The van der Waals surface area contributed by atoms with Gasteiger partial charge < -0.3 is 0 Å². The zero-order valence-electron chi connectivity index (χ0n) is 8.95. The Morgan fingerprint density at radius 1 is 0.938 bits per heavy atom. The van der Waals surface area contributed by atoms with Crippen molar-refractivity contribution in [3.63, 3.8) is 0 Å². The third-order valence-corrected chi connectivity index (χ3v) is 4.29. The van der Waals surface area contributed by atoms with E-state index in [4.69, 9.17) is 0 Å². The first-order valence-electron chi connectivity index (χ1n) is 5.13. The Bertz CT molecular complexity index is 474. The van der Waals surface area contributed by atoms with Gasteiger partial charge in [0.2, 0.25) is 0 Å². The van der Waals surface area contributed by atoms with Gasteiger partial charge >= 0.3 is 0 Å². The Hall–Kier alpha value is -0.600. The van der Waals surface area contributed by atoms with Crippen LogP contribution in [0.1, 0.15) is 21.5 Å². The van der Waals surface area contributed by atoms with Gasteiger partial charge in [-0.15, -0.1) is 0 Å². The summed E-state index contributed by atoms with van der Waals surface area (Å²) in [5.41, 5.74) is 3.82. The van der Waals surface area contributed by atoms with Gasteiger partial charge in [-0.2, -0.15) is 0 Å². The summed E-state index contributed by atoms with van der Waals surface area (Å²) < 4.78 is 1.14. The fourth-order valence-corrected chi connectivity index (χ4v) is 3.12. The SMILES string of the molecule is Cc1ccc(C(Br)c2ccccc2Br)cc1. The molecule has 0 radical (unpaired) electrons. The lowest BCUT2D eigenvalue weighted by Crippen LogP contribution is -1.93. The van der Waals surface area contributed by atoms with Gasteiger partial charge in [0, 0.05) is 4.47 Å². The molecule has 0 aromatic heterocycles. The summed E-state index contributed by atoms with van der Waals surface area (Å²) in [4.78, 5) is 0.240. The van der Waals surface area contributed by atoms with Crippen molar-refractivity contribution >= 4 is 31.9 Å². The lowest BCUT2D eigenvalue weighted by atomic mass is 10.0. The summed E-state index contributed by atoms with van der Waals surface area (Å²) in [5, 5.41) is 0. The van der Waals surface area contributed by atoms with E-state index in [9.17, 15) is 0 Å². The number of halogens is 2. The van der Waals surface area contributed by atoms with Gasteiger partial charge in [-0.1, -0.05) is 79.9 Å². The van der Waals surface area contributed by atoms with Crippen molar-refractivity contribution in [1.29, 1.82) is 0 Å². The highest BCUT2D eigenvalue weighted by molar-refractivity contribution is 9.11. The lowest BCUT2D eigenvalue weighted by Gasteiger charge is -2.12. The highest BCUT2D eigenvalue weighted by Gasteiger charge is 2.12. The van der Waals surface area contributed by atoms with E-state index in [1.54, 1.807) is 0 Å². The first-order valence-corrected chi connectivity index (χ1v) is 6.84. The van der Waals surface area contributed by atoms with Crippen LogP contribution in [0.15, 0.2) is 53.0 Å². The van der Waals surface area contributed by atoms with Crippen molar-refractivity contribution in [2.45, 2.75) is 11.8 Å². The normalized spacial score (nSPS) is 12.4. The van der Waals surface area contributed by atoms with E-state index in [1.807, 2.05) is 6.07 Å². The maximum absolute atomic E-state index is 3.74. The molecule has 82 valence electrons. The Kier molecular flexibility index (Phi) is 3.82. The Balaban J connectivity index is 2.35. The van der Waals surface area contributed by atoms with Gasteiger partial charge in [0.15, 0.2) is 0 Å². The Labute approximate surface area is 113 Å². The van der Waals surface area contributed by atoms with Crippen LogP contribution in [0.5, 0.6) is 0 Å². The number of alkyl halides is 1. The van der Waals surface area contributed by atoms with E-state index in [0.29, 0.717) is 0 Å². The maximum Gasteiger partial charge on any atom is 0.0655 e. The minimum atomic E-state index is 0.240. The molecule has 1 atom stereocenters. The van der Waals surface area contributed by atoms with Crippen LogP contribution in [-0.4, -0.2) is 0 Å². The highest BCUT2D eigenvalue weighted by Crippen LogP contribution is 2.35. The second kappa shape index (κ2) is 5.15. The standard InChI is InChI=1S/C14H12Br2/c1-10-6-8-11(9-7-10)14(16)12-4-2-3-5-13(12)15/h2-9,14H,1H3. The van der Waals surface area contributed by atoms with Crippen LogP contribution in [-0.2, 0) is 0 Å². The summed E-state index contributed by atoms with van der Waals surface area (Å²) in [6, 6.07) is 16.9. The molecule has 0 saturated heterocycles. The summed E-state index contributed by atoms with van der Waals surface area (Å²) in [7, 11) is 0. The molecule has 0 nitrogen and oxygen atoms in total. The van der Waals surface area contributed by atoms with Gasteiger partial charge in [0.05, 0.1) is 4.83 Å². The van der Waals surface area contributed by atoms with Crippen molar-refractivity contribution in [3.05, 3.63) is 69.7 Å². The van der Waals surface area contributed by atoms with Crippen molar-refractivity contribution < 1.29 is 0 Å². The number of benzene rings is 2. The average Bonchev–Trinajstić information content (AvgIpc) is 2.30. The third-order valence-electron chi connectivity index (χ3n) is 2.55. The molecule has 0 aliphatic heterocycles. The zero-order chi connectivity index (χ0) is 11.5. The Morgan fingerprint density at radius 3 is 2.19 bits per heavy atom. The van der Waals surface area contributed by atoms with Crippen LogP contribution >= 0.6 is 31.9 Å². The maximum atomic E-state index is 3.74. The van der Waals surface area contributed by atoms with Crippen LogP contribution in [0.2, 0.25) is 0 Å². The van der Waals surface area contributed by atoms with Crippen LogP contribution in [0.4, 0.5) is 0 Å². The molecule has 16 heavy (non-hydrogen) atoms. The van der Waals surface area contributed by atoms with Crippen LogP contribution in [0.3, 0.4) is 0 Å². The predicted octanol–water partition coefficient (Wildman–Crippen LogP) is 5.24. The fraction of sp³-hybridized carbons (Fsp3) is 0.143. The molecule has 2 aromatic carbocycles. The number of aryl methyl sites for hydroxylation is 1. The zero-order valence-corrected chi connectivity index (χ0v) is 12.1. The molecule has 0 aliphatic carbocycles. The molecule has 0 spiro atoms.